The van der Waals surface area contributed by atoms with Crippen molar-refractivity contribution < 1.29 is 10.0 Å². The number of fused-ring (bicyclic) bond motifs is 1. The number of aromatic nitrogens is 4. The van der Waals surface area contributed by atoms with E-state index in [4.69, 9.17) is 5.11 Å². The van der Waals surface area contributed by atoms with Crippen LogP contribution in [0.25, 0.3) is 11.2 Å². The van der Waals surface area contributed by atoms with Crippen molar-refractivity contribution in [3.63, 3.8) is 0 Å². The lowest BCUT2D eigenvalue weighted by molar-refractivity contribution is -0.900. The van der Waals surface area contributed by atoms with Gasteiger partial charge in [-0.3, -0.25) is 0 Å². The topological polar surface area (TPSA) is 82.4 Å². The number of nitrogens with one attached hydrogen (secondary N) is 2. The lowest BCUT2D eigenvalue weighted by Gasteiger charge is -2.32. The number of imidazole rings is 1. The number of quaternary nitrogens is 1. The van der Waals surface area contributed by atoms with Crippen LogP contribution in [0, 0.1) is 0 Å². The van der Waals surface area contributed by atoms with Crippen LogP contribution in [-0.2, 0) is 0 Å². The van der Waals surface area contributed by atoms with E-state index in [9.17, 15) is 0 Å². The van der Waals surface area contributed by atoms with E-state index in [1.807, 2.05) is 0 Å². The molecule has 2 aromatic heterocycles. The first-order valence-electron chi connectivity index (χ1n) is 6.22. The zero-order chi connectivity index (χ0) is 12.4. The van der Waals surface area contributed by atoms with Gasteiger partial charge in [0.1, 0.15) is 18.4 Å². The molecule has 0 amide bonds. The van der Waals surface area contributed by atoms with E-state index in [1.165, 1.54) is 4.90 Å². The van der Waals surface area contributed by atoms with Crippen LogP contribution in [0.3, 0.4) is 0 Å². The van der Waals surface area contributed by atoms with Gasteiger partial charge in [-0.25, -0.2) is 15.0 Å². The summed E-state index contributed by atoms with van der Waals surface area (Å²) in [4.78, 5) is 19.4. The van der Waals surface area contributed by atoms with E-state index < -0.39 is 0 Å². The molecule has 18 heavy (non-hydrogen) atoms. The highest BCUT2D eigenvalue weighted by Gasteiger charge is 2.22. The van der Waals surface area contributed by atoms with Gasteiger partial charge in [0.2, 0.25) is 0 Å². The standard InChI is InChI=1S/C11H16N6O/c18-6-5-16-1-3-17(4-2-16)11-9-10(13-7-12-9)14-8-15-11/h7-8,18H,1-6H2,(H,12,13,14,15)/p+1. The SMILES string of the molecule is OCC[NH+]1CCN(c2ncnc3nc[nH]c23)CC1. The zero-order valence-electron chi connectivity index (χ0n) is 10.1. The Hall–Kier alpha value is -1.73. The van der Waals surface area contributed by atoms with E-state index in [1.54, 1.807) is 12.7 Å². The van der Waals surface area contributed by atoms with Crippen LogP contribution >= 0.6 is 0 Å². The molecule has 0 aliphatic carbocycles. The Bertz CT molecular complexity index is 519. The van der Waals surface area contributed by atoms with E-state index in [2.05, 4.69) is 24.8 Å². The predicted molar refractivity (Wildman–Crippen MR) is 66.5 cm³/mol. The van der Waals surface area contributed by atoms with Crippen LogP contribution in [0.4, 0.5) is 5.82 Å². The Morgan fingerprint density at radius 3 is 2.89 bits per heavy atom. The van der Waals surface area contributed by atoms with Crippen LogP contribution in [-0.4, -0.2) is 64.4 Å². The molecule has 0 spiro atoms. The summed E-state index contributed by atoms with van der Waals surface area (Å²) >= 11 is 0. The molecule has 0 radical (unpaired) electrons. The van der Waals surface area contributed by atoms with Crippen molar-refractivity contribution in [1.29, 1.82) is 0 Å². The van der Waals surface area contributed by atoms with Gasteiger partial charge in [-0.1, -0.05) is 0 Å². The molecule has 1 saturated heterocycles. The highest BCUT2D eigenvalue weighted by atomic mass is 16.3. The second-order valence-electron chi connectivity index (χ2n) is 4.51. The van der Waals surface area contributed by atoms with Crippen molar-refractivity contribution >= 4 is 17.0 Å². The van der Waals surface area contributed by atoms with Crippen LogP contribution in [0.5, 0.6) is 0 Å². The fourth-order valence-corrected chi connectivity index (χ4v) is 2.43. The molecule has 1 aliphatic heterocycles. The molecule has 1 fully saturated rings. The maximum Gasteiger partial charge on any atom is 0.182 e. The molecule has 7 nitrogen and oxygen atoms in total. The molecule has 3 rings (SSSR count). The molecule has 0 atom stereocenters. The van der Waals surface area contributed by atoms with Gasteiger partial charge >= 0.3 is 0 Å². The predicted octanol–water partition coefficient (Wildman–Crippen LogP) is -1.95. The number of aliphatic hydroxyl groups is 1. The molecule has 0 unspecified atom stereocenters. The summed E-state index contributed by atoms with van der Waals surface area (Å²) in [5, 5.41) is 8.95. The summed E-state index contributed by atoms with van der Waals surface area (Å²) in [7, 11) is 0. The largest absolute Gasteiger partial charge is 0.391 e. The molecule has 3 heterocycles. The first-order chi connectivity index (χ1) is 8.88. The zero-order valence-corrected chi connectivity index (χ0v) is 10.1. The Kier molecular flexibility index (Phi) is 3.07. The summed E-state index contributed by atoms with van der Waals surface area (Å²) in [5.74, 6) is 0.931. The Labute approximate surface area is 104 Å². The van der Waals surface area contributed by atoms with Gasteiger partial charge in [0.05, 0.1) is 39.1 Å². The van der Waals surface area contributed by atoms with Crippen LogP contribution in [0.2, 0.25) is 0 Å². The third kappa shape index (κ3) is 2.02. The average molecular weight is 249 g/mol. The number of aliphatic hydroxyl groups excluding tert-OH is 1. The Morgan fingerprint density at radius 2 is 2.11 bits per heavy atom. The molecule has 3 N–H and O–H groups in total. The minimum absolute atomic E-state index is 0.258. The highest BCUT2D eigenvalue weighted by Crippen LogP contribution is 2.18. The van der Waals surface area contributed by atoms with Gasteiger partial charge < -0.3 is 19.9 Å². The quantitative estimate of drug-likeness (QED) is 0.589. The minimum Gasteiger partial charge on any atom is -0.391 e. The van der Waals surface area contributed by atoms with Crippen molar-refractivity contribution in [3.8, 4) is 0 Å². The summed E-state index contributed by atoms with van der Waals surface area (Å²) in [6, 6.07) is 0. The molecule has 0 bridgehead atoms. The molecular weight excluding hydrogens is 232 g/mol. The number of aromatic amines is 1. The van der Waals surface area contributed by atoms with Crippen LogP contribution in [0.1, 0.15) is 0 Å². The van der Waals surface area contributed by atoms with Crippen molar-refractivity contribution in [2.45, 2.75) is 0 Å². The van der Waals surface area contributed by atoms with Gasteiger partial charge in [-0.05, 0) is 0 Å². The molecule has 7 heteroatoms. The van der Waals surface area contributed by atoms with E-state index in [-0.39, 0.29) is 6.61 Å². The summed E-state index contributed by atoms with van der Waals surface area (Å²) < 4.78 is 0. The maximum atomic E-state index is 8.95. The minimum atomic E-state index is 0.258. The molecule has 96 valence electrons. The summed E-state index contributed by atoms with van der Waals surface area (Å²) in [6.07, 6.45) is 3.21. The molecular formula is C11H17N6O+. The van der Waals surface area contributed by atoms with Gasteiger partial charge in [0.25, 0.3) is 0 Å². The lowest BCUT2D eigenvalue weighted by Crippen LogP contribution is -3.15. The van der Waals surface area contributed by atoms with E-state index in [0.717, 1.165) is 44.1 Å². The monoisotopic (exact) mass is 249 g/mol. The van der Waals surface area contributed by atoms with Gasteiger partial charge in [0.15, 0.2) is 11.5 Å². The number of hydrogen-bond donors (Lipinski definition) is 3. The van der Waals surface area contributed by atoms with E-state index in [0.29, 0.717) is 5.65 Å². The number of nitrogens with zero attached hydrogens (tertiary/aromatic N) is 4. The maximum absolute atomic E-state index is 8.95. The number of hydrogen-bond acceptors (Lipinski definition) is 5. The van der Waals surface area contributed by atoms with Crippen molar-refractivity contribution in [1.82, 2.24) is 19.9 Å². The van der Waals surface area contributed by atoms with Crippen molar-refractivity contribution in [2.24, 2.45) is 0 Å². The molecule has 0 aromatic carbocycles. The number of anilines is 1. The number of H-pyrrole nitrogens is 1. The summed E-state index contributed by atoms with van der Waals surface area (Å²) in [6.45, 7) is 5.03. The third-order valence-corrected chi connectivity index (χ3v) is 3.44. The second kappa shape index (κ2) is 4.87. The molecule has 0 saturated carbocycles. The van der Waals surface area contributed by atoms with Gasteiger partial charge in [0, 0.05) is 0 Å². The first kappa shape index (κ1) is 11.4. The van der Waals surface area contributed by atoms with Crippen molar-refractivity contribution in [2.75, 3.05) is 44.2 Å². The third-order valence-electron chi connectivity index (χ3n) is 3.44. The fourth-order valence-electron chi connectivity index (χ4n) is 2.43. The number of piperazine rings is 1. The van der Waals surface area contributed by atoms with Gasteiger partial charge in [-0.2, -0.15) is 0 Å². The molecule has 2 aromatic rings. The summed E-state index contributed by atoms with van der Waals surface area (Å²) in [5.41, 5.74) is 1.62. The van der Waals surface area contributed by atoms with Crippen molar-refractivity contribution in [3.05, 3.63) is 12.7 Å². The first-order valence-corrected chi connectivity index (χ1v) is 6.22. The van der Waals surface area contributed by atoms with E-state index >= 15 is 0 Å². The molecule has 1 aliphatic rings. The number of rotatable bonds is 3. The average Bonchev–Trinajstić information content (AvgIpc) is 2.88. The Balaban J connectivity index is 1.78. The van der Waals surface area contributed by atoms with Crippen LogP contribution in [0.15, 0.2) is 12.7 Å². The fraction of sp³-hybridized carbons (Fsp3) is 0.545. The Morgan fingerprint density at radius 1 is 1.28 bits per heavy atom. The highest BCUT2D eigenvalue weighted by molar-refractivity contribution is 5.82. The smallest absolute Gasteiger partial charge is 0.182 e. The lowest BCUT2D eigenvalue weighted by atomic mass is 10.3. The normalized spacial score (nSPS) is 17.5. The van der Waals surface area contributed by atoms with Gasteiger partial charge in [-0.15, -0.1) is 0 Å². The van der Waals surface area contributed by atoms with Crippen LogP contribution < -0.4 is 9.80 Å². The second-order valence-corrected chi connectivity index (χ2v) is 4.51.